The van der Waals surface area contributed by atoms with Crippen LogP contribution in [0.1, 0.15) is 89.5 Å². The van der Waals surface area contributed by atoms with Gasteiger partial charge in [0.2, 0.25) is 0 Å². The number of carbonyl (C=O) groups excluding carboxylic acids is 1. The van der Waals surface area contributed by atoms with Gasteiger partial charge in [0.15, 0.2) is 0 Å². The first-order valence-corrected chi connectivity index (χ1v) is 10.4. The molecular weight excluding hydrogens is 344 g/mol. The lowest BCUT2D eigenvalue weighted by Gasteiger charge is -2.31. The Labute approximate surface area is 171 Å². The predicted molar refractivity (Wildman–Crippen MR) is 118 cm³/mol. The van der Waals surface area contributed by atoms with Crippen LogP contribution in [0, 0.1) is 5.92 Å². The van der Waals surface area contributed by atoms with Crippen molar-refractivity contribution < 1.29 is 9.90 Å². The third-order valence-electron chi connectivity index (χ3n) is 5.49. The molecule has 0 bridgehead atoms. The maximum absolute atomic E-state index is 12.1. The molecule has 0 aliphatic rings. The Bertz CT molecular complexity index is 756. The maximum Gasteiger partial charge on any atom is 0.124 e. The third kappa shape index (κ3) is 4.84. The van der Waals surface area contributed by atoms with Crippen molar-refractivity contribution in [3.63, 3.8) is 0 Å². The van der Waals surface area contributed by atoms with Gasteiger partial charge in [0.25, 0.3) is 0 Å². The zero-order valence-corrected chi connectivity index (χ0v) is 18.5. The smallest absolute Gasteiger partial charge is 0.124 e. The fourth-order valence-corrected chi connectivity index (χ4v) is 3.97. The number of hydrogen-bond acceptors (Lipinski definition) is 2. The highest BCUT2D eigenvalue weighted by Gasteiger charge is 2.31. The van der Waals surface area contributed by atoms with Crippen molar-refractivity contribution in [2.45, 2.75) is 78.1 Å². The van der Waals surface area contributed by atoms with Gasteiger partial charge in [0.05, 0.1) is 0 Å². The molecule has 0 spiro atoms. The Balaban J connectivity index is 2.80. The van der Waals surface area contributed by atoms with Gasteiger partial charge in [-0.05, 0) is 39.5 Å². The van der Waals surface area contributed by atoms with E-state index in [4.69, 9.17) is 0 Å². The van der Waals surface area contributed by atoms with Gasteiger partial charge in [-0.1, -0.05) is 97.4 Å². The van der Waals surface area contributed by atoms with E-state index >= 15 is 0 Å². The molecule has 2 atom stereocenters. The summed E-state index contributed by atoms with van der Waals surface area (Å²) in [5.74, 6) is 0.285. The van der Waals surface area contributed by atoms with Crippen LogP contribution in [-0.2, 0) is 15.6 Å². The topological polar surface area (TPSA) is 37.3 Å². The van der Waals surface area contributed by atoms with E-state index in [0.29, 0.717) is 5.75 Å². The Morgan fingerprint density at radius 3 is 1.79 bits per heavy atom. The van der Waals surface area contributed by atoms with E-state index in [9.17, 15) is 9.90 Å². The van der Waals surface area contributed by atoms with Crippen LogP contribution in [0.15, 0.2) is 42.5 Å². The van der Waals surface area contributed by atoms with Crippen molar-refractivity contribution in [3.05, 3.63) is 64.7 Å². The standard InChI is InChI=1S/C26H36O2/c1-8-12-19(17-27)23(18-13-10-9-11-14-18)20-15-21(25(2,3)4)24(28)22(16-20)26(5,6)7/h9-11,13-17,19,23,28H,8,12H2,1-7H3/t19-,23+/m0/s1. The monoisotopic (exact) mass is 380 g/mol. The quantitative estimate of drug-likeness (QED) is 0.564. The lowest BCUT2D eigenvalue weighted by Crippen LogP contribution is -2.21. The van der Waals surface area contributed by atoms with E-state index in [1.807, 2.05) is 18.2 Å². The zero-order chi connectivity index (χ0) is 21.1. The summed E-state index contributed by atoms with van der Waals surface area (Å²) in [5.41, 5.74) is 3.77. The highest BCUT2D eigenvalue weighted by atomic mass is 16.3. The molecule has 0 saturated heterocycles. The van der Waals surface area contributed by atoms with Crippen molar-refractivity contribution in [1.82, 2.24) is 0 Å². The minimum atomic E-state index is -0.192. The van der Waals surface area contributed by atoms with Crippen molar-refractivity contribution >= 4 is 6.29 Å². The highest BCUT2D eigenvalue weighted by Crippen LogP contribution is 2.43. The molecule has 0 amide bonds. The molecule has 0 heterocycles. The summed E-state index contributed by atoms with van der Waals surface area (Å²) >= 11 is 0. The Hall–Kier alpha value is -2.09. The summed E-state index contributed by atoms with van der Waals surface area (Å²) in [5, 5.41) is 11.1. The van der Waals surface area contributed by atoms with Gasteiger partial charge >= 0.3 is 0 Å². The van der Waals surface area contributed by atoms with Gasteiger partial charge in [0.1, 0.15) is 12.0 Å². The van der Waals surface area contributed by atoms with Gasteiger partial charge in [-0.15, -0.1) is 0 Å². The van der Waals surface area contributed by atoms with Crippen LogP contribution in [0.25, 0.3) is 0 Å². The number of phenols is 1. The molecule has 2 aromatic carbocycles. The first kappa shape index (κ1) is 22.2. The average molecular weight is 381 g/mol. The molecule has 2 heteroatoms. The number of aromatic hydroxyl groups is 1. The van der Waals surface area contributed by atoms with Crippen LogP contribution in [0.5, 0.6) is 5.75 Å². The summed E-state index contributed by atoms with van der Waals surface area (Å²) in [6.45, 7) is 14.9. The van der Waals surface area contributed by atoms with E-state index in [2.05, 4.69) is 72.7 Å². The fourth-order valence-electron chi connectivity index (χ4n) is 3.97. The van der Waals surface area contributed by atoms with Crippen LogP contribution < -0.4 is 0 Å². The molecule has 0 fully saturated rings. The zero-order valence-electron chi connectivity index (χ0n) is 18.5. The second kappa shape index (κ2) is 8.51. The molecule has 0 saturated carbocycles. The molecule has 0 aliphatic carbocycles. The van der Waals surface area contributed by atoms with Crippen LogP contribution in [0.3, 0.4) is 0 Å². The molecule has 0 aromatic heterocycles. The van der Waals surface area contributed by atoms with Crippen LogP contribution >= 0.6 is 0 Å². The fraction of sp³-hybridized carbons (Fsp3) is 0.500. The maximum atomic E-state index is 12.1. The molecule has 0 radical (unpaired) electrons. The largest absolute Gasteiger partial charge is 0.507 e. The van der Waals surface area contributed by atoms with Crippen molar-refractivity contribution in [3.8, 4) is 5.75 Å². The molecule has 1 N–H and O–H groups in total. The lowest BCUT2D eigenvalue weighted by atomic mass is 9.73. The van der Waals surface area contributed by atoms with Crippen molar-refractivity contribution in [1.29, 1.82) is 0 Å². The van der Waals surface area contributed by atoms with Gasteiger partial charge in [0, 0.05) is 11.8 Å². The number of aldehydes is 1. The average Bonchev–Trinajstić information content (AvgIpc) is 2.61. The first-order chi connectivity index (χ1) is 13.0. The van der Waals surface area contributed by atoms with Crippen molar-refractivity contribution in [2.75, 3.05) is 0 Å². The van der Waals surface area contributed by atoms with Gasteiger partial charge in [-0.3, -0.25) is 0 Å². The third-order valence-corrected chi connectivity index (χ3v) is 5.49. The molecule has 28 heavy (non-hydrogen) atoms. The highest BCUT2D eigenvalue weighted by molar-refractivity contribution is 5.60. The summed E-state index contributed by atoms with van der Waals surface area (Å²) in [7, 11) is 0. The Morgan fingerprint density at radius 1 is 0.893 bits per heavy atom. The van der Waals surface area contributed by atoms with Gasteiger partial charge in [-0.2, -0.15) is 0 Å². The molecule has 2 nitrogen and oxygen atoms in total. The minimum Gasteiger partial charge on any atom is -0.507 e. The lowest BCUT2D eigenvalue weighted by molar-refractivity contribution is -0.111. The summed E-state index contributed by atoms with van der Waals surface area (Å²) in [4.78, 5) is 12.1. The van der Waals surface area contributed by atoms with E-state index in [-0.39, 0.29) is 22.7 Å². The van der Waals surface area contributed by atoms with Gasteiger partial charge in [-0.25, -0.2) is 0 Å². The molecular formula is C26H36O2. The van der Waals surface area contributed by atoms with E-state index in [1.54, 1.807) is 0 Å². The number of hydrogen-bond donors (Lipinski definition) is 1. The second-order valence-electron chi connectivity index (χ2n) is 9.94. The molecule has 2 rings (SSSR count). The van der Waals surface area contributed by atoms with Gasteiger partial charge < -0.3 is 9.90 Å². The Kier molecular flexibility index (Phi) is 6.75. The molecule has 0 aliphatic heterocycles. The Morgan fingerprint density at radius 2 is 1.39 bits per heavy atom. The van der Waals surface area contributed by atoms with Crippen LogP contribution in [0.4, 0.5) is 0 Å². The number of phenolic OH excluding ortho intramolecular Hbond substituents is 1. The minimum absolute atomic E-state index is 0.0125. The van der Waals surface area contributed by atoms with Crippen LogP contribution in [-0.4, -0.2) is 11.4 Å². The van der Waals surface area contributed by atoms with Crippen LogP contribution in [0.2, 0.25) is 0 Å². The first-order valence-electron chi connectivity index (χ1n) is 10.4. The predicted octanol–water partition coefficient (Wildman–Crippen LogP) is 6.73. The molecule has 152 valence electrons. The van der Waals surface area contributed by atoms with E-state index < -0.39 is 0 Å². The summed E-state index contributed by atoms with van der Waals surface area (Å²) in [6.07, 6.45) is 2.92. The summed E-state index contributed by atoms with van der Waals surface area (Å²) < 4.78 is 0. The number of rotatable bonds is 6. The molecule has 0 unspecified atom stereocenters. The van der Waals surface area contributed by atoms with E-state index in [0.717, 1.165) is 41.4 Å². The normalized spacial score (nSPS) is 14.5. The summed E-state index contributed by atoms with van der Waals surface area (Å²) in [6, 6.07) is 14.5. The van der Waals surface area contributed by atoms with Crippen molar-refractivity contribution in [2.24, 2.45) is 5.92 Å². The van der Waals surface area contributed by atoms with E-state index in [1.165, 1.54) is 0 Å². The second-order valence-corrected chi connectivity index (χ2v) is 9.94. The number of carbonyl (C=O) groups is 1. The molecule has 2 aromatic rings. The number of benzene rings is 2. The SMILES string of the molecule is CCC[C@@H](C=O)[C@@H](c1ccccc1)c1cc(C(C)(C)C)c(O)c(C(C)(C)C)c1.